The molecule has 0 amide bonds. The lowest BCUT2D eigenvalue weighted by atomic mass is 10.0. The highest BCUT2D eigenvalue weighted by Gasteiger charge is 2.13. The van der Waals surface area contributed by atoms with Gasteiger partial charge in [-0.2, -0.15) is 5.10 Å². The van der Waals surface area contributed by atoms with E-state index in [1.807, 2.05) is 16.8 Å². The Morgan fingerprint density at radius 1 is 1.41 bits per heavy atom. The molecule has 0 aliphatic carbocycles. The van der Waals surface area contributed by atoms with Crippen molar-refractivity contribution in [2.24, 2.45) is 11.7 Å². The van der Waals surface area contributed by atoms with E-state index in [0.717, 1.165) is 24.2 Å². The molecule has 1 heterocycles. The monoisotopic (exact) mass is 233 g/mol. The van der Waals surface area contributed by atoms with Crippen LogP contribution >= 0.6 is 0 Å². The van der Waals surface area contributed by atoms with Crippen molar-refractivity contribution in [3.05, 3.63) is 30.0 Å². The van der Waals surface area contributed by atoms with Crippen LogP contribution in [-0.4, -0.2) is 28.0 Å². The minimum Gasteiger partial charge on any atom is -0.396 e. The molecule has 0 bridgehead atoms. The number of benzene rings is 1. The van der Waals surface area contributed by atoms with Crippen LogP contribution in [0, 0.1) is 5.92 Å². The van der Waals surface area contributed by atoms with Crippen LogP contribution in [0.2, 0.25) is 0 Å². The zero-order valence-electron chi connectivity index (χ0n) is 10.1. The van der Waals surface area contributed by atoms with Crippen LogP contribution in [0.4, 0.5) is 0 Å². The van der Waals surface area contributed by atoms with Crippen molar-refractivity contribution in [2.45, 2.75) is 19.9 Å². The molecule has 92 valence electrons. The number of aliphatic hydroxyl groups is 1. The average molecular weight is 233 g/mol. The minimum atomic E-state index is 0.0959. The lowest BCUT2D eigenvalue weighted by Crippen LogP contribution is -2.20. The molecule has 1 aromatic carbocycles. The maximum atomic E-state index is 9.21. The highest BCUT2D eigenvalue weighted by Crippen LogP contribution is 2.20. The zero-order chi connectivity index (χ0) is 12.3. The summed E-state index contributed by atoms with van der Waals surface area (Å²) in [6.45, 7) is 3.54. The largest absolute Gasteiger partial charge is 0.396 e. The first-order valence-corrected chi connectivity index (χ1v) is 6.05. The van der Waals surface area contributed by atoms with Crippen molar-refractivity contribution in [3.8, 4) is 0 Å². The number of para-hydroxylation sites is 1. The second-order valence-corrected chi connectivity index (χ2v) is 4.27. The first-order chi connectivity index (χ1) is 8.30. The van der Waals surface area contributed by atoms with Crippen molar-refractivity contribution in [1.29, 1.82) is 0 Å². The van der Waals surface area contributed by atoms with Crippen LogP contribution in [0.25, 0.3) is 10.9 Å². The second-order valence-electron chi connectivity index (χ2n) is 4.27. The third kappa shape index (κ3) is 2.33. The predicted octanol–water partition coefficient (Wildman–Crippen LogP) is 1.17. The van der Waals surface area contributed by atoms with Gasteiger partial charge in [-0.15, -0.1) is 0 Å². The molecule has 0 aliphatic rings. The van der Waals surface area contributed by atoms with Gasteiger partial charge in [0.15, 0.2) is 0 Å². The van der Waals surface area contributed by atoms with Gasteiger partial charge in [0.25, 0.3) is 0 Å². The molecule has 0 fully saturated rings. The number of aliphatic hydroxyl groups excluding tert-OH is 1. The molecule has 0 radical (unpaired) electrons. The van der Waals surface area contributed by atoms with E-state index >= 15 is 0 Å². The Balaban J connectivity index is 2.40. The van der Waals surface area contributed by atoms with Gasteiger partial charge in [0.2, 0.25) is 0 Å². The summed E-state index contributed by atoms with van der Waals surface area (Å²) in [6.07, 6.45) is 0.737. The quantitative estimate of drug-likeness (QED) is 0.814. The Hall–Kier alpha value is -1.39. The summed E-state index contributed by atoms with van der Waals surface area (Å²) < 4.78 is 2.00. The van der Waals surface area contributed by atoms with E-state index in [4.69, 9.17) is 5.73 Å². The molecular formula is C13H19N3O. The SMILES string of the molecule is CCn1nc(CC(CN)CO)c2ccccc21. The summed E-state index contributed by atoms with van der Waals surface area (Å²) in [7, 11) is 0. The summed E-state index contributed by atoms with van der Waals surface area (Å²) in [4.78, 5) is 0. The Morgan fingerprint density at radius 3 is 2.82 bits per heavy atom. The fourth-order valence-electron chi connectivity index (χ4n) is 2.08. The Morgan fingerprint density at radius 2 is 2.18 bits per heavy atom. The third-order valence-corrected chi connectivity index (χ3v) is 3.11. The molecule has 0 spiro atoms. The number of aromatic nitrogens is 2. The fourth-order valence-corrected chi connectivity index (χ4v) is 2.08. The van der Waals surface area contributed by atoms with Gasteiger partial charge in [0, 0.05) is 18.5 Å². The van der Waals surface area contributed by atoms with Gasteiger partial charge in [-0.3, -0.25) is 4.68 Å². The second kappa shape index (κ2) is 5.29. The molecule has 1 atom stereocenters. The first kappa shape index (κ1) is 12.1. The number of rotatable bonds is 5. The molecule has 17 heavy (non-hydrogen) atoms. The van der Waals surface area contributed by atoms with Gasteiger partial charge < -0.3 is 10.8 Å². The topological polar surface area (TPSA) is 64.1 Å². The van der Waals surface area contributed by atoms with Crippen molar-refractivity contribution < 1.29 is 5.11 Å². The molecule has 3 N–H and O–H groups in total. The number of hydrogen-bond donors (Lipinski definition) is 2. The molecule has 0 saturated carbocycles. The van der Waals surface area contributed by atoms with Crippen molar-refractivity contribution in [3.63, 3.8) is 0 Å². The Bertz CT molecular complexity index is 488. The molecule has 0 saturated heterocycles. The lowest BCUT2D eigenvalue weighted by Gasteiger charge is -2.08. The lowest BCUT2D eigenvalue weighted by molar-refractivity contribution is 0.229. The van der Waals surface area contributed by atoms with E-state index < -0.39 is 0 Å². The fraction of sp³-hybridized carbons (Fsp3) is 0.462. The smallest absolute Gasteiger partial charge is 0.0707 e. The summed E-state index contributed by atoms with van der Waals surface area (Å²) in [5.41, 5.74) is 7.81. The van der Waals surface area contributed by atoms with Gasteiger partial charge in [-0.25, -0.2) is 0 Å². The van der Waals surface area contributed by atoms with Gasteiger partial charge in [-0.1, -0.05) is 18.2 Å². The third-order valence-electron chi connectivity index (χ3n) is 3.11. The van der Waals surface area contributed by atoms with Gasteiger partial charge >= 0.3 is 0 Å². The molecule has 1 unspecified atom stereocenters. The van der Waals surface area contributed by atoms with Crippen molar-refractivity contribution in [1.82, 2.24) is 9.78 Å². The predicted molar refractivity (Wildman–Crippen MR) is 68.7 cm³/mol. The van der Waals surface area contributed by atoms with Crippen LogP contribution in [0.5, 0.6) is 0 Å². The standard InChI is InChI=1S/C13H19N3O/c1-2-16-13-6-4-3-5-11(13)12(15-16)7-10(8-14)9-17/h3-6,10,17H,2,7-9,14H2,1H3. The van der Waals surface area contributed by atoms with E-state index in [-0.39, 0.29) is 12.5 Å². The molecule has 2 rings (SSSR count). The summed E-state index contributed by atoms with van der Waals surface area (Å²) in [6, 6.07) is 8.19. The Kier molecular flexibility index (Phi) is 3.76. The zero-order valence-corrected chi connectivity index (χ0v) is 10.1. The molecule has 1 aromatic heterocycles. The summed E-state index contributed by atoms with van der Waals surface area (Å²) >= 11 is 0. The van der Waals surface area contributed by atoms with Crippen LogP contribution in [0.3, 0.4) is 0 Å². The number of fused-ring (bicyclic) bond motifs is 1. The van der Waals surface area contributed by atoms with Crippen molar-refractivity contribution in [2.75, 3.05) is 13.2 Å². The number of hydrogen-bond acceptors (Lipinski definition) is 3. The maximum Gasteiger partial charge on any atom is 0.0707 e. The van der Waals surface area contributed by atoms with E-state index in [1.165, 1.54) is 5.39 Å². The average Bonchev–Trinajstić information content (AvgIpc) is 2.74. The van der Waals surface area contributed by atoms with Crippen LogP contribution in [0.1, 0.15) is 12.6 Å². The molecule has 4 heteroatoms. The van der Waals surface area contributed by atoms with Gasteiger partial charge in [0.1, 0.15) is 0 Å². The number of aryl methyl sites for hydroxylation is 1. The maximum absolute atomic E-state index is 9.21. The first-order valence-electron chi connectivity index (χ1n) is 6.05. The van der Waals surface area contributed by atoms with Crippen LogP contribution < -0.4 is 5.73 Å². The van der Waals surface area contributed by atoms with Crippen molar-refractivity contribution >= 4 is 10.9 Å². The van der Waals surface area contributed by atoms with Gasteiger partial charge in [-0.05, 0) is 31.9 Å². The highest BCUT2D eigenvalue weighted by molar-refractivity contribution is 5.81. The van der Waals surface area contributed by atoms with E-state index in [0.29, 0.717) is 6.54 Å². The van der Waals surface area contributed by atoms with Gasteiger partial charge in [0.05, 0.1) is 11.2 Å². The van der Waals surface area contributed by atoms with Crippen LogP contribution in [-0.2, 0) is 13.0 Å². The van der Waals surface area contributed by atoms with E-state index in [1.54, 1.807) is 0 Å². The summed E-state index contributed by atoms with van der Waals surface area (Å²) in [5.74, 6) is 0.0959. The highest BCUT2D eigenvalue weighted by atomic mass is 16.3. The summed E-state index contributed by atoms with van der Waals surface area (Å²) in [5, 5.41) is 15.0. The number of nitrogens with zero attached hydrogens (tertiary/aromatic N) is 2. The molecular weight excluding hydrogens is 214 g/mol. The normalized spacial score (nSPS) is 13.1. The van der Waals surface area contributed by atoms with E-state index in [9.17, 15) is 5.11 Å². The Labute approximate surface area is 101 Å². The van der Waals surface area contributed by atoms with Crippen LogP contribution in [0.15, 0.2) is 24.3 Å². The van der Waals surface area contributed by atoms with E-state index in [2.05, 4.69) is 24.2 Å². The molecule has 4 nitrogen and oxygen atoms in total. The minimum absolute atomic E-state index is 0.0959. The molecule has 0 aliphatic heterocycles. The molecule has 2 aromatic rings. The number of nitrogens with two attached hydrogens (primary N) is 1.